The number of hydrogen-bond donors (Lipinski definition) is 0. The molecule has 0 radical (unpaired) electrons. The van der Waals surface area contributed by atoms with Gasteiger partial charge >= 0.3 is 0 Å². The minimum atomic E-state index is -1.08. The Labute approximate surface area is 114 Å². The van der Waals surface area contributed by atoms with Gasteiger partial charge in [-0.25, -0.2) is 0 Å². The third kappa shape index (κ3) is 2.21. The van der Waals surface area contributed by atoms with Gasteiger partial charge in [-0.15, -0.1) is 4.31 Å². The van der Waals surface area contributed by atoms with Crippen molar-refractivity contribution in [1.82, 2.24) is 9.29 Å². The summed E-state index contributed by atoms with van der Waals surface area (Å²) in [7, 11) is 0. The van der Waals surface area contributed by atoms with Gasteiger partial charge < -0.3 is 4.55 Å². The number of nitrogens with zero attached hydrogens (tertiary/aromatic N) is 2. The first-order valence-corrected chi connectivity index (χ1v) is 7.45. The van der Waals surface area contributed by atoms with Crippen LogP contribution in [0, 0.1) is 0 Å². The van der Waals surface area contributed by atoms with Gasteiger partial charge in [-0.3, -0.25) is 4.98 Å². The van der Waals surface area contributed by atoms with Gasteiger partial charge in [0.15, 0.2) is 4.90 Å². The minimum absolute atomic E-state index is 0.653. The minimum Gasteiger partial charge on any atom is -0.593 e. The molecule has 0 amide bonds. The lowest BCUT2D eigenvalue weighted by Gasteiger charge is -2.18. The van der Waals surface area contributed by atoms with E-state index in [4.69, 9.17) is 11.6 Å². The fourth-order valence-electron chi connectivity index (χ4n) is 2.20. The Morgan fingerprint density at radius 1 is 1.22 bits per heavy atom. The first kappa shape index (κ1) is 12.2. The van der Waals surface area contributed by atoms with Crippen molar-refractivity contribution in [2.45, 2.75) is 17.7 Å². The summed E-state index contributed by atoms with van der Waals surface area (Å²) in [6.07, 6.45) is 3.94. The molecule has 1 aromatic heterocycles. The molecule has 1 aliphatic rings. The third-order valence-corrected chi connectivity index (χ3v) is 4.98. The van der Waals surface area contributed by atoms with Crippen LogP contribution in [0.2, 0.25) is 5.02 Å². The van der Waals surface area contributed by atoms with E-state index >= 15 is 0 Å². The molecule has 1 aliphatic heterocycles. The predicted molar refractivity (Wildman–Crippen MR) is 74.0 cm³/mol. The first-order chi connectivity index (χ1) is 8.75. The highest BCUT2D eigenvalue weighted by molar-refractivity contribution is 7.89. The number of rotatable bonds is 2. The molecular formula is C13H13ClN2OS. The molecule has 94 valence electrons. The second-order valence-corrected chi connectivity index (χ2v) is 6.25. The monoisotopic (exact) mass is 280 g/mol. The van der Waals surface area contributed by atoms with Crippen LogP contribution in [0.25, 0.3) is 10.9 Å². The molecule has 0 N–H and O–H groups in total. The number of benzene rings is 1. The summed E-state index contributed by atoms with van der Waals surface area (Å²) in [5, 5.41) is 1.52. The lowest BCUT2D eigenvalue weighted by Crippen LogP contribution is -2.27. The van der Waals surface area contributed by atoms with Crippen molar-refractivity contribution in [3.63, 3.8) is 0 Å². The highest BCUT2D eigenvalue weighted by Crippen LogP contribution is 2.27. The third-order valence-electron chi connectivity index (χ3n) is 3.16. The predicted octanol–water partition coefficient (Wildman–Crippen LogP) is 3.01. The Morgan fingerprint density at radius 2 is 2.00 bits per heavy atom. The Hall–Kier alpha value is -0.810. The van der Waals surface area contributed by atoms with E-state index < -0.39 is 11.4 Å². The lowest BCUT2D eigenvalue weighted by molar-refractivity contribution is 0.477. The van der Waals surface area contributed by atoms with Crippen molar-refractivity contribution in [2.24, 2.45) is 0 Å². The van der Waals surface area contributed by atoms with Gasteiger partial charge in [-0.05, 0) is 31.0 Å². The van der Waals surface area contributed by atoms with Gasteiger partial charge in [0.2, 0.25) is 0 Å². The molecular weight excluding hydrogens is 268 g/mol. The van der Waals surface area contributed by atoms with Crippen molar-refractivity contribution < 1.29 is 4.55 Å². The average Bonchev–Trinajstić information content (AvgIpc) is 2.92. The fraction of sp³-hybridized carbons (Fsp3) is 0.308. The van der Waals surface area contributed by atoms with Crippen LogP contribution < -0.4 is 0 Å². The van der Waals surface area contributed by atoms with Crippen LogP contribution in [0.15, 0.2) is 35.4 Å². The van der Waals surface area contributed by atoms with Crippen LogP contribution in [0.1, 0.15) is 12.8 Å². The molecule has 5 heteroatoms. The van der Waals surface area contributed by atoms with Crippen LogP contribution >= 0.6 is 11.6 Å². The van der Waals surface area contributed by atoms with Gasteiger partial charge in [-0.2, -0.15) is 0 Å². The van der Waals surface area contributed by atoms with E-state index in [9.17, 15) is 4.55 Å². The maximum Gasteiger partial charge on any atom is 0.174 e. The molecule has 0 bridgehead atoms. The van der Waals surface area contributed by atoms with Crippen molar-refractivity contribution in [3.05, 3.63) is 35.5 Å². The van der Waals surface area contributed by atoms with E-state index in [1.54, 1.807) is 12.3 Å². The zero-order chi connectivity index (χ0) is 12.5. The molecule has 3 rings (SSSR count). The topological polar surface area (TPSA) is 39.2 Å². The SMILES string of the molecule is [O-][S+](c1ccc2nccc(Cl)c2c1)N1CCCC1. The Balaban J connectivity index is 1.99. The largest absolute Gasteiger partial charge is 0.593 e. The van der Waals surface area contributed by atoms with Gasteiger partial charge in [-0.1, -0.05) is 11.6 Å². The number of halogens is 1. The highest BCUT2D eigenvalue weighted by atomic mass is 35.5. The summed E-state index contributed by atoms with van der Waals surface area (Å²) in [6.45, 7) is 1.82. The van der Waals surface area contributed by atoms with Crippen LogP contribution in [0.4, 0.5) is 0 Å². The maximum atomic E-state index is 12.4. The van der Waals surface area contributed by atoms with Crippen LogP contribution in [0.3, 0.4) is 0 Å². The molecule has 0 aliphatic carbocycles. The van der Waals surface area contributed by atoms with E-state index in [-0.39, 0.29) is 0 Å². The van der Waals surface area contributed by atoms with Crippen LogP contribution in [-0.4, -0.2) is 26.9 Å². The molecule has 0 spiro atoms. The van der Waals surface area contributed by atoms with E-state index in [1.165, 1.54) is 0 Å². The molecule has 1 fully saturated rings. The molecule has 18 heavy (non-hydrogen) atoms. The van der Waals surface area contributed by atoms with Gasteiger partial charge in [0.25, 0.3) is 0 Å². The number of fused-ring (bicyclic) bond motifs is 1. The smallest absolute Gasteiger partial charge is 0.174 e. The summed E-state index contributed by atoms with van der Waals surface area (Å²) < 4.78 is 14.4. The zero-order valence-electron chi connectivity index (χ0n) is 9.80. The summed E-state index contributed by atoms with van der Waals surface area (Å²) in [4.78, 5) is 5.05. The molecule has 1 atom stereocenters. The summed E-state index contributed by atoms with van der Waals surface area (Å²) in [5.41, 5.74) is 0.838. The average molecular weight is 281 g/mol. The summed E-state index contributed by atoms with van der Waals surface area (Å²) in [6, 6.07) is 7.40. The molecule has 0 saturated carbocycles. The molecule has 2 aromatic rings. The summed E-state index contributed by atoms with van der Waals surface area (Å²) in [5.74, 6) is 0. The van der Waals surface area contributed by atoms with Crippen molar-refractivity contribution in [3.8, 4) is 0 Å². The molecule has 2 heterocycles. The van der Waals surface area contributed by atoms with Crippen molar-refractivity contribution >= 4 is 33.9 Å². The van der Waals surface area contributed by atoms with E-state index in [1.807, 2.05) is 22.5 Å². The lowest BCUT2D eigenvalue weighted by atomic mass is 10.2. The van der Waals surface area contributed by atoms with Crippen molar-refractivity contribution in [1.29, 1.82) is 0 Å². The maximum absolute atomic E-state index is 12.4. The second kappa shape index (κ2) is 5.05. The fourth-order valence-corrected chi connectivity index (χ4v) is 3.70. The van der Waals surface area contributed by atoms with E-state index in [2.05, 4.69) is 4.98 Å². The van der Waals surface area contributed by atoms with Gasteiger partial charge in [0.05, 0.1) is 21.9 Å². The Kier molecular flexibility index (Phi) is 3.43. The number of pyridine rings is 1. The first-order valence-electron chi connectivity index (χ1n) is 5.97. The second-order valence-electron chi connectivity index (χ2n) is 4.36. The zero-order valence-corrected chi connectivity index (χ0v) is 11.4. The molecule has 3 nitrogen and oxygen atoms in total. The number of aromatic nitrogens is 1. The van der Waals surface area contributed by atoms with Crippen molar-refractivity contribution in [2.75, 3.05) is 13.1 Å². The quantitative estimate of drug-likeness (QED) is 0.794. The van der Waals surface area contributed by atoms with Crippen LogP contribution in [0.5, 0.6) is 0 Å². The summed E-state index contributed by atoms with van der Waals surface area (Å²) >= 11 is 5.06. The van der Waals surface area contributed by atoms with E-state index in [0.29, 0.717) is 5.02 Å². The van der Waals surface area contributed by atoms with E-state index in [0.717, 1.165) is 41.7 Å². The molecule has 1 saturated heterocycles. The van der Waals surface area contributed by atoms with Gasteiger partial charge in [0, 0.05) is 30.7 Å². The molecule has 1 unspecified atom stereocenters. The highest BCUT2D eigenvalue weighted by Gasteiger charge is 2.26. The molecule has 1 aromatic carbocycles. The number of hydrogen-bond acceptors (Lipinski definition) is 3. The Bertz CT molecular complexity index is 572. The Morgan fingerprint density at radius 3 is 2.78 bits per heavy atom. The van der Waals surface area contributed by atoms with Gasteiger partial charge in [0.1, 0.15) is 0 Å². The normalized spacial score (nSPS) is 18.3. The van der Waals surface area contributed by atoms with Crippen LogP contribution in [-0.2, 0) is 11.4 Å². The standard InChI is InChI=1S/C13H13ClN2OS/c14-12-5-6-15-13-4-3-10(9-11(12)13)18(17)16-7-1-2-8-16/h3-6,9H,1-2,7-8H2.